The van der Waals surface area contributed by atoms with Crippen molar-refractivity contribution in [3.63, 3.8) is 0 Å². The van der Waals surface area contributed by atoms with Gasteiger partial charge in [0.15, 0.2) is 0 Å². The zero-order valence-corrected chi connectivity index (χ0v) is 22.5. The lowest BCUT2D eigenvalue weighted by molar-refractivity contribution is 0.0910. The minimum atomic E-state index is -0.364. The molecule has 1 aliphatic heterocycles. The predicted molar refractivity (Wildman–Crippen MR) is 147 cm³/mol. The van der Waals surface area contributed by atoms with Crippen LogP contribution in [0, 0.1) is 5.92 Å². The molecule has 2 heterocycles. The molecule has 0 bridgehead atoms. The first-order valence-corrected chi connectivity index (χ1v) is 13.8. The molecule has 1 aromatic heterocycles. The molecule has 2 aliphatic carbocycles. The van der Waals surface area contributed by atoms with Crippen LogP contribution in [0.4, 0.5) is 4.79 Å². The lowest BCUT2D eigenvalue weighted by Gasteiger charge is -2.34. The molecule has 202 valence electrons. The monoisotopic (exact) mass is 539 g/mol. The van der Waals surface area contributed by atoms with Crippen LogP contribution in [0.25, 0.3) is 6.08 Å². The standard InChI is InChI=1S/C28H34ClN5O4/c1-17(2)34-24-11-10-21(14-23(24)26(36)33(28(34)38)15-18-8-9-18)31-27(37)32-12-4-7-22(16-32)30-25(35)19-5-3-6-20(29)13-19/h3,5-6,10-11,13,17-18,21-22H,4,7-9,12,14-16H2,1-2H3,(H,30,35)(H,31,37)/t21?,22-/m1/s1. The van der Waals surface area contributed by atoms with Crippen LogP contribution < -0.4 is 21.9 Å². The van der Waals surface area contributed by atoms with Crippen molar-refractivity contribution in [2.24, 2.45) is 5.92 Å². The Morgan fingerprint density at radius 2 is 1.92 bits per heavy atom. The van der Waals surface area contributed by atoms with Crippen molar-refractivity contribution in [2.45, 2.75) is 70.6 Å². The molecule has 2 N–H and O–H groups in total. The zero-order valence-electron chi connectivity index (χ0n) is 21.8. The fourth-order valence-corrected chi connectivity index (χ4v) is 5.54. The van der Waals surface area contributed by atoms with Gasteiger partial charge in [0.25, 0.3) is 11.5 Å². The first kappa shape index (κ1) is 26.3. The second-order valence-corrected chi connectivity index (χ2v) is 11.3. The quantitative estimate of drug-likeness (QED) is 0.588. The van der Waals surface area contributed by atoms with Crippen molar-refractivity contribution in [1.29, 1.82) is 0 Å². The number of hydrogen-bond acceptors (Lipinski definition) is 4. The van der Waals surface area contributed by atoms with E-state index in [1.807, 2.05) is 19.9 Å². The number of carbonyl (C=O) groups excluding carboxylic acids is 2. The molecule has 1 unspecified atom stereocenters. The number of benzene rings is 1. The number of urea groups is 1. The van der Waals surface area contributed by atoms with Crippen LogP contribution in [0.5, 0.6) is 0 Å². The molecule has 9 nitrogen and oxygen atoms in total. The molecule has 2 aromatic rings. The number of rotatable bonds is 6. The Morgan fingerprint density at radius 1 is 1.13 bits per heavy atom. The predicted octanol–water partition coefficient (Wildman–Crippen LogP) is 3.20. The maximum absolute atomic E-state index is 13.3. The molecule has 3 amide bonds. The average Bonchev–Trinajstić information content (AvgIpc) is 3.71. The number of hydrogen-bond donors (Lipinski definition) is 2. The molecule has 2 fully saturated rings. The van der Waals surface area contributed by atoms with E-state index in [0.29, 0.717) is 53.8 Å². The number of nitrogens with zero attached hydrogens (tertiary/aromatic N) is 3. The van der Waals surface area contributed by atoms with E-state index in [4.69, 9.17) is 11.6 Å². The number of piperidine rings is 1. The van der Waals surface area contributed by atoms with Crippen molar-refractivity contribution >= 4 is 29.6 Å². The molecular formula is C28H34ClN5O4. The Hall–Kier alpha value is -3.33. The molecule has 1 saturated carbocycles. The summed E-state index contributed by atoms with van der Waals surface area (Å²) < 4.78 is 3.07. The molecule has 0 spiro atoms. The van der Waals surface area contributed by atoms with E-state index in [0.717, 1.165) is 25.7 Å². The van der Waals surface area contributed by atoms with Gasteiger partial charge in [-0.25, -0.2) is 9.59 Å². The third-order valence-corrected chi connectivity index (χ3v) is 7.75. The van der Waals surface area contributed by atoms with E-state index in [9.17, 15) is 19.2 Å². The largest absolute Gasteiger partial charge is 0.348 e. The second-order valence-electron chi connectivity index (χ2n) is 10.9. The van der Waals surface area contributed by atoms with Crippen molar-refractivity contribution < 1.29 is 9.59 Å². The fourth-order valence-electron chi connectivity index (χ4n) is 5.35. The Balaban J connectivity index is 1.26. The molecular weight excluding hydrogens is 506 g/mol. The highest BCUT2D eigenvalue weighted by Gasteiger charge is 2.30. The Morgan fingerprint density at radius 3 is 2.63 bits per heavy atom. The van der Waals surface area contributed by atoms with Gasteiger partial charge in [0.2, 0.25) is 0 Å². The van der Waals surface area contributed by atoms with E-state index in [2.05, 4.69) is 10.6 Å². The molecule has 5 rings (SSSR count). The third-order valence-electron chi connectivity index (χ3n) is 7.51. The third kappa shape index (κ3) is 5.57. The van der Waals surface area contributed by atoms with Gasteiger partial charge in [0.05, 0.1) is 11.7 Å². The summed E-state index contributed by atoms with van der Waals surface area (Å²) in [6.45, 7) is 5.31. The van der Waals surface area contributed by atoms with E-state index < -0.39 is 0 Å². The highest BCUT2D eigenvalue weighted by Crippen LogP contribution is 2.30. The van der Waals surface area contributed by atoms with Gasteiger partial charge in [0.1, 0.15) is 0 Å². The first-order chi connectivity index (χ1) is 18.2. The smallest absolute Gasteiger partial charge is 0.331 e. The molecule has 38 heavy (non-hydrogen) atoms. The summed E-state index contributed by atoms with van der Waals surface area (Å²) >= 11 is 6.01. The number of carbonyl (C=O) groups is 2. The van der Waals surface area contributed by atoms with E-state index in [1.54, 1.807) is 39.8 Å². The molecule has 2 atom stereocenters. The number of aromatic nitrogens is 2. The summed E-state index contributed by atoms with van der Waals surface area (Å²) in [4.78, 5) is 54.0. The normalized spacial score (nSPS) is 20.8. The first-order valence-electron chi connectivity index (χ1n) is 13.4. The van der Waals surface area contributed by atoms with Gasteiger partial charge >= 0.3 is 11.7 Å². The zero-order chi connectivity index (χ0) is 27.0. The van der Waals surface area contributed by atoms with E-state index in [1.165, 1.54) is 4.57 Å². The summed E-state index contributed by atoms with van der Waals surface area (Å²) in [6, 6.07) is 5.91. The Kier molecular flexibility index (Phi) is 7.47. The number of amides is 3. The molecule has 3 aliphatic rings. The minimum Gasteiger partial charge on any atom is -0.348 e. The lowest BCUT2D eigenvalue weighted by atomic mass is 9.98. The number of halogens is 1. The van der Waals surface area contributed by atoms with Gasteiger partial charge in [-0.3, -0.25) is 18.7 Å². The minimum absolute atomic E-state index is 0.0921. The van der Waals surface area contributed by atoms with E-state index >= 15 is 0 Å². The van der Waals surface area contributed by atoms with Gasteiger partial charge in [0, 0.05) is 54.3 Å². The number of fused-ring (bicyclic) bond motifs is 1. The highest BCUT2D eigenvalue weighted by molar-refractivity contribution is 6.30. The Labute approximate surface area is 226 Å². The second kappa shape index (κ2) is 10.8. The van der Waals surface area contributed by atoms with Crippen LogP contribution in [-0.4, -0.2) is 51.1 Å². The summed E-state index contributed by atoms with van der Waals surface area (Å²) in [7, 11) is 0. The van der Waals surface area contributed by atoms with E-state index in [-0.39, 0.29) is 41.3 Å². The molecule has 0 radical (unpaired) electrons. The van der Waals surface area contributed by atoms with Crippen LogP contribution in [0.1, 0.15) is 67.2 Å². The summed E-state index contributed by atoms with van der Waals surface area (Å²) in [5, 5.41) is 6.55. The Bertz CT molecular complexity index is 1390. The lowest BCUT2D eigenvalue weighted by Crippen LogP contribution is -2.54. The van der Waals surface area contributed by atoms with Crippen LogP contribution in [0.2, 0.25) is 5.02 Å². The van der Waals surface area contributed by atoms with Crippen LogP contribution in [0.3, 0.4) is 0 Å². The number of likely N-dealkylation sites (tertiary alicyclic amines) is 1. The summed E-state index contributed by atoms with van der Waals surface area (Å²) in [5.74, 6) is 0.172. The van der Waals surface area contributed by atoms with Gasteiger partial charge in [-0.05, 0) is 69.7 Å². The van der Waals surface area contributed by atoms with Crippen molar-refractivity contribution in [1.82, 2.24) is 24.7 Å². The number of nitrogens with one attached hydrogen (secondary N) is 2. The van der Waals surface area contributed by atoms with Crippen molar-refractivity contribution in [2.75, 3.05) is 13.1 Å². The van der Waals surface area contributed by atoms with Gasteiger partial charge in [-0.15, -0.1) is 0 Å². The van der Waals surface area contributed by atoms with Crippen LogP contribution in [0.15, 0.2) is 39.9 Å². The van der Waals surface area contributed by atoms with Crippen LogP contribution in [-0.2, 0) is 13.0 Å². The van der Waals surface area contributed by atoms with Gasteiger partial charge in [-0.2, -0.15) is 0 Å². The molecule has 10 heteroatoms. The SMILES string of the molecule is CC(C)n1c2c(c(=O)n(CC3CC3)c1=O)CC(NC(=O)N1CCC[C@@H](NC(=O)c3cccc(Cl)c3)C1)C=C2. The summed E-state index contributed by atoms with van der Waals surface area (Å²) in [5.41, 5.74) is 1.17. The van der Waals surface area contributed by atoms with Crippen molar-refractivity contribution in [3.05, 3.63) is 73.0 Å². The summed E-state index contributed by atoms with van der Waals surface area (Å²) in [6.07, 6.45) is 7.60. The molecule has 1 aromatic carbocycles. The van der Waals surface area contributed by atoms with Crippen molar-refractivity contribution in [3.8, 4) is 0 Å². The maximum Gasteiger partial charge on any atom is 0.331 e. The van der Waals surface area contributed by atoms with Crippen LogP contribution >= 0.6 is 11.6 Å². The van der Waals surface area contributed by atoms with Gasteiger partial charge < -0.3 is 15.5 Å². The molecule has 1 saturated heterocycles. The van der Waals surface area contributed by atoms with Gasteiger partial charge in [-0.1, -0.05) is 23.7 Å². The maximum atomic E-state index is 13.3. The average molecular weight is 540 g/mol. The fraction of sp³-hybridized carbons (Fsp3) is 0.500. The highest BCUT2D eigenvalue weighted by atomic mass is 35.5. The topological polar surface area (TPSA) is 105 Å².